The Morgan fingerprint density at radius 2 is 2.00 bits per heavy atom. The monoisotopic (exact) mass is 286 g/mol. The Labute approximate surface area is 126 Å². The zero-order valence-corrected chi connectivity index (χ0v) is 13.1. The van der Waals surface area contributed by atoms with E-state index in [0.717, 1.165) is 17.8 Å². The number of aryl methyl sites for hydroxylation is 1. The number of hydrazine groups is 1. The average molecular weight is 286 g/mol. The van der Waals surface area contributed by atoms with Crippen molar-refractivity contribution in [3.05, 3.63) is 30.1 Å². The first kappa shape index (κ1) is 14.5. The van der Waals surface area contributed by atoms with E-state index >= 15 is 0 Å². The molecule has 3 N–H and O–H groups in total. The van der Waals surface area contributed by atoms with E-state index in [0.29, 0.717) is 0 Å². The molecule has 0 amide bonds. The second kappa shape index (κ2) is 5.78. The van der Waals surface area contributed by atoms with Crippen molar-refractivity contribution < 1.29 is 0 Å². The summed E-state index contributed by atoms with van der Waals surface area (Å²) in [5.74, 6) is 7.01. The van der Waals surface area contributed by atoms with Crippen LogP contribution in [0.25, 0.3) is 11.0 Å². The first-order valence-electron chi connectivity index (χ1n) is 8.00. The normalized spacial score (nSPS) is 19.8. The van der Waals surface area contributed by atoms with Crippen molar-refractivity contribution in [2.75, 3.05) is 0 Å². The maximum absolute atomic E-state index is 5.89. The van der Waals surface area contributed by atoms with E-state index in [1.807, 2.05) is 6.07 Å². The minimum Gasteiger partial charge on any atom is -0.331 e. The lowest BCUT2D eigenvalue weighted by Gasteiger charge is -2.40. The van der Waals surface area contributed by atoms with Gasteiger partial charge in [0, 0.05) is 19.5 Å². The molecule has 1 aromatic heterocycles. The summed E-state index contributed by atoms with van der Waals surface area (Å²) in [6, 6.07) is 8.59. The van der Waals surface area contributed by atoms with Crippen molar-refractivity contribution in [2.45, 2.75) is 51.5 Å². The summed E-state index contributed by atoms with van der Waals surface area (Å²) in [6.45, 7) is 2.37. The Balaban J connectivity index is 1.87. The van der Waals surface area contributed by atoms with Gasteiger partial charge >= 0.3 is 0 Å². The average Bonchev–Trinajstić information content (AvgIpc) is 2.82. The fourth-order valence-electron chi connectivity index (χ4n) is 3.77. The second-order valence-corrected chi connectivity index (χ2v) is 6.71. The summed E-state index contributed by atoms with van der Waals surface area (Å²) >= 11 is 0. The topological polar surface area (TPSA) is 55.9 Å². The van der Waals surface area contributed by atoms with Gasteiger partial charge in [0.25, 0.3) is 0 Å². The Hall–Kier alpha value is -1.39. The third-order valence-electron chi connectivity index (χ3n) is 5.30. The van der Waals surface area contributed by atoms with Gasteiger partial charge in [-0.3, -0.25) is 11.3 Å². The number of rotatable bonds is 4. The maximum atomic E-state index is 5.89. The van der Waals surface area contributed by atoms with Gasteiger partial charge in [-0.1, -0.05) is 38.3 Å². The highest BCUT2D eigenvalue weighted by atomic mass is 15.2. The maximum Gasteiger partial charge on any atom is 0.111 e. The number of imidazole rings is 1. The molecule has 1 unspecified atom stereocenters. The summed E-state index contributed by atoms with van der Waals surface area (Å²) in [6.07, 6.45) is 7.39. The fourth-order valence-corrected chi connectivity index (χ4v) is 3.77. The molecule has 3 rings (SSSR count). The van der Waals surface area contributed by atoms with Crippen molar-refractivity contribution >= 4 is 11.0 Å². The van der Waals surface area contributed by atoms with Crippen LogP contribution < -0.4 is 11.3 Å². The molecule has 0 aliphatic heterocycles. The zero-order valence-electron chi connectivity index (χ0n) is 13.1. The summed E-state index contributed by atoms with van der Waals surface area (Å²) in [5, 5.41) is 0. The SMILES string of the molecule is Cn1c(CC(NN)C2(C)CCCCC2)nc2ccccc21. The summed E-state index contributed by atoms with van der Waals surface area (Å²) in [5.41, 5.74) is 5.62. The molecule has 0 saturated heterocycles. The Bertz CT molecular complexity index is 610. The molecule has 1 heterocycles. The first-order chi connectivity index (χ1) is 10.1. The van der Waals surface area contributed by atoms with Crippen LogP contribution in [0.1, 0.15) is 44.9 Å². The van der Waals surface area contributed by atoms with Gasteiger partial charge in [0.1, 0.15) is 5.82 Å². The molecule has 1 fully saturated rings. The Morgan fingerprint density at radius 3 is 2.67 bits per heavy atom. The standard InChI is InChI=1S/C17H26N4/c1-17(10-6-3-7-11-17)15(20-18)12-16-19-13-8-4-5-9-14(13)21(16)2/h4-5,8-9,15,20H,3,6-7,10-12,18H2,1-2H3. The third-order valence-corrected chi connectivity index (χ3v) is 5.30. The smallest absolute Gasteiger partial charge is 0.111 e. The molecule has 4 heteroatoms. The van der Waals surface area contributed by atoms with Gasteiger partial charge in [0.15, 0.2) is 0 Å². The number of para-hydroxylation sites is 2. The zero-order chi connectivity index (χ0) is 14.9. The number of benzene rings is 1. The number of aromatic nitrogens is 2. The highest BCUT2D eigenvalue weighted by Crippen LogP contribution is 2.39. The van der Waals surface area contributed by atoms with Gasteiger partial charge in [0.2, 0.25) is 0 Å². The predicted molar refractivity (Wildman–Crippen MR) is 86.7 cm³/mol. The lowest BCUT2D eigenvalue weighted by Crippen LogP contribution is -2.49. The highest BCUT2D eigenvalue weighted by Gasteiger charge is 2.35. The number of fused-ring (bicyclic) bond motifs is 1. The van der Waals surface area contributed by atoms with Gasteiger partial charge in [-0.25, -0.2) is 4.98 Å². The van der Waals surface area contributed by atoms with Crippen LogP contribution in [-0.4, -0.2) is 15.6 Å². The van der Waals surface area contributed by atoms with E-state index in [-0.39, 0.29) is 11.5 Å². The molecule has 1 saturated carbocycles. The molecule has 0 bridgehead atoms. The van der Waals surface area contributed by atoms with Crippen molar-refractivity contribution in [3.63, 3.8) is 0 Å². The van der Waals surface area contributed by atoms with Crippen LogP contribution >= 0.6 is 0 Å². The molecule has 2 aromatic rings. The predicted octanol–water partition coefficient (Wildman–Crippen LogP) is 2.92. The van der Waals surface area contributed by atoms with Crippen LogP contribution in [0.2, 0.25) is 0 Å². The molecule has 1 aliphatic carbocycles. The fraction of sp³-hybridized carbons (Fsp3) is 0.588. The Morgan fingerprint density at radius 1 is 1.29 bits per heavy atom. The molecular formula is C17H26N4. The van der Waals surface area contributed by atoms with Gasteiger partial charge in [-0.2, -0.15) is 0 Å². The number of nitrogens with two attached hydrogens (primary N) is 1. The van der Waals surface area contributed by atoms with E-state index in [4.69, 9.17) is 10.8 Å². The molecule has 1 aliphatic rings. The summed E-state index contributed by atoms with van der Waals surface area (Å²) in [7, 11) is 2.10. The van der Waals surface area contributed by atoms with Crippen LogP contribution in [0.3, 0.4) is 0 Å². The van der Waals surface area contributed by atoms with E-state index in [9.17, 15) is 0 Å². The second-order valence-electron chi connectivity index (χ2n) is 6.71. The lowest BCUT2D eigenvalue weighted by molar-refractivity contribution is 0.142. The molecule has 0 spiro atoms. The van der Waals surface area contributed by atoms with E-state index < -0.39 is 0 Å². The van der Waals surface area contributed by atoms with Crippen LogP contribution in [-0.2, 0) is 13.5 Å². The minimum atomic E-state index is 0.283. The molecule has 1 aromatic carbocycles. The highest BCUT2D eigenvalue weighted by molar-refractivity contribution is 5.75. The first-order valence-corrected chi connectivity index (χ1v) is 8.00. The van der Waals surface area contributed by atoms with Crippen LogP contribution in [0.15, 0.2) is 24.3 Å². The molecule has 0 radical (unpaired) electrons. The lowest BCUT2D eigenvalue weighted by atomic mass is 9.70. The minimum absolute atomic E-state index is 0.283. The van der Waals surface area contributed by atoms with Crippen molar-refractivity contribution in [3.8, 4) is 0 Å². The van der Waals surface area contributed by atoms with Gasteiger partial charge in [-0.15, -0.1) is 0 Å². The van der Waals surface area contributed by atoms with Crippen LogP contribution in [0.5, 0.6) is 0 Å². The van der Waals surface area contributed by atoms with Gasteiger partial charge < -0.3 is 4.57 Å². The third kappa shape index (κ3) is 2.70. The molecule has 114 valence electrons. The Kier molecular flexibility index (Phi) is 4.00. The largest absolute Gasteiger partial charge is 0.331 e. The number of nitrogens with one attached hydrogen (secondary N) is 1. The van der Waals surface area contributed by atoms with Crippen LogP contribution in [0, 0.1) is 5.41 Å². The van der Waals surface area contributed by atoms with E-state index in [2.05, 4.69) is 42.2 Å². The van der Waals surface area contributed by atoms with Crippen molar-refractivity contribution in [2.24, 2.45) is 18.3 Å². The summed E-state index contributed by atoms with van der Waals surface area (Å²) < 4.78 is 2.20. The number of hydrogen-bond donors (Lipinski definition) is 2. The van der Waals surface area contributed by atoms with E-state index in [1.54, 1.807) is 0 Å². The molecule has 21 heavy (non-hydrogen) atoms. The molecule has 4 nitrogen and oxygen atoms in total. The number of nitrogens with zero attached hydrogens (tertiary/aromatic N) is 2. The van der Waals surface area contributed by atoms with Gasteiger partial charge in [0.05, 0.1) is 11.0 Å². The number of hydrogen-bond acceptors (Lipinski definition) is 3. The van der Waals surface area contributed by atoms with Crippen LogP contribution in [0.4, 0.5) is 0 Å². The molecule has 1 atom stereocenters. The van der Waals surface area contributed by atoms with Gasteiger partial charge in [-0.05, 0) is 30.4 Å². The molecular weight excluding hydrogens is 260 g/mol. The van der Waals surface area contributed by atoms with E-state index in [1.165, 1.54) is 37.6 Å². The summed E-state index contributed by atoms with van der Waals surface area (Å²) in [4.78, 5) is 4.79. The van der Waals surface area contributed by atoms with Crippen molar-refractivity contribution in [1.82, 2.24) is 15.0 Å². The van der Waals surface area contributed by atoms with Crippen molar-refractivity contribution in [1.29, 1.82) is 0 Å². The quantitative estimate of drug-likeness (QED) is 0.671.